The van der Waals surface area contributed by atoms with Crippen molar-refractivity contribution in [3.63, 3.8) is 0 Å². The molecule has 0 spiro atoms. The van der Waals surface area contributed by atoms with Gasteiger partial charge in [-0.15, -0.1) is 11.8 Å². The van der Waals surface area contributed by atoms with E-state index >= 15 is 0 Å². The van der Waals surface area contributed by atoms with E-state index in [0.717, 1.165) is 4.90 Å². The molecule has 1 aromatic carbocycles. The first-order valence-electron chi connectivity index (χ1n) is 5.21. The molecule has 0 aliphatic rings. The van der Waals surface area contributed by atoms with Crippen LogP contribution in [0.4, 0.5) is 5.69 Å². The third kappa shape index (κ3) is 2.73. The van der Waals surface area contributed by atoms with Crippen molar-refractivity contribution >= 4 is 17.4 Å². The number of nitrogens with zero attached hydrogens (tertiary/aromatic N) is 2. The fraction of sp³-hybridized carbons (Fsp3) is 0.0769. The van der Waals surface area contributed by atoms with Gasteiger partial charge in [0.25, 0.3) is 0 Å². The van der Waals surface area contributed by atoms with E-state index in [1.54, 1.807) is 23.9 Å². The van der Waals surface area contributed by atoms with Gasteiger partial charge >= 0.3 is 0 Å². The van der Waals surface area contributed by atoms with Gasteiger partial charge in [-0.3, -0.25) is 0 Å². The maximum absolute atomic E-state index is 8.83. The Labute approximate surface area is 109 Å². The summed E-state index contributed by atoms with van der Waals surface area (Å²) in [5, 5.41) is 8.83. The predicted octanol–water partition coefficient (Wildman–Crippen LogP) is 3.05. The molecular formula is C13H11N3OS. The summed E-state index contributed by atoms with van der Waals surface area (Å²) in [6.07, 6.45) is 2.01. The van der Waals surface area contributed by atoms with E-state index < -0.39 is 0 Å². The molecule has 2 aromatic rings. The topological polar surface area (TPSA) is 71.9 Å². The van der Waals surface area contributed by atoms with Crippen molar-refractivity contribution in [3.8, 4) is 17.7 Å². The van der Waals surface area contributed by atoms with E-state index in [-0.39, 0.29) is 5.69 Å². The molecule has 4 nitrogen and oxygen atoms in total. The predicted molar refractivity (Wildman–Crippen MR) is 71.7 cm³/mol. The van der Waals surface area contributed by atoms with Gasteiger partial charge in [-0.05, 0) is 36.6 Å². The first kappa shape index (κ1) is 12.3. The molecule has 90 valence electrons. The Morgan fingerprint density at radius 2 is 1.94 bits per heavy atom. The lowest BCUT2D eigenvalue weighted by Crippen LogP contribution is -1.96. The van der Waals surface area contributed by atoms with E-state index in [0.29, 0.717) is 17.3 Å². The van der Waals surface area contributed by atoms with Crippen LogP contribution in [0.3, 0.4) is 0 Å². The summed E-state index contributed by atoms with van der Waals surface area (Å²) in [4.78, 5) is 5.17. The number of nitrogens with two attached hydrogens (primary N) is 1. The maximum atomic E-state index is 8.83. The monoisotopic (exact) mass is 257 g/mol. The average Bonchev–Trinajstić information content (AvgIpc) is 2.42. The van der Waals surface area contributed by atoms with Crippen LogP contribution in [0.15, 0.2) is 41.3 Å². The molecule has 0 aliphatic carbocycles. The smallest absolute Gasteiger partial charge is 0.220 e. The quantitative estimate of drug-likeness (QED) is 0.855. The third-order valence-electron chi connectivity index (χ3n) is 2.29. The molecular weight excluding hydrogens is 246 g/mol. The zero-order valence-corrected chi connectivity index (χ0v) is 10.6. The minimum absolute atomic E-state index is 0.174. The molecule has 0 aliphatic heterocycles. The Bertz CT molecular complexity index is 590. The number of benzene rings is 1. The second kappa shape index (κ2) is 5.43. The zero-order chi connectivity index (χ0) is 13.0. The van der Waals surface area contributed by atoms with Crippen molar-refractivity contribution in [2.24, 2.45) is 0 Å². The lowest BCUT2D eigenvalue weighted by molar-refractivity contribution is 0.462. The van der Waals surface area contributed by atoms with Crippen LogP contribution in [0.1, 0.15) is 5.69 Å². The highest BCUT2D eigenvalue weighted by molar-refractivity contribution is 7.98. The molecule has 0 unspecified atom stereocenters. The Kier molecular flexibility index (Phi) is 3.70. The van der Waals surface area contributed by atoms with Crippen LogP contribution in [0.5, 0.6) is 11.6 Å². The van der Waals surface area contributed by atoms with Gasteiger partial charge in [0.05, 0.1) is 5.69 Å². The molecule has 0 atom stereocenters. The van der Waals surface area contributed by atoms with Gasteiger partial charge in [0.1, 0.15) is 11.8 Å². The minimum atomic E-state index is 0.174. The minimum Gasteiger partial charge on any atom is -0.439 e. The van der Waals surface area contributed by atoms with Crippen LogP contribution in [0.2, 0.25) is 0 Å². The highest BCUT2D eigenvalue weighted by atomic mass is 32.2. The van der Waals surface area contributed by atoms with Crippen molar-refractivity contribution in [2.75, 3.05) is 12.0 Å². The normalized spacial score (nSPS) is 9.78. The lowest BCUT2D eigenvalue weighted by atomic mass is 10.3. The van der Waals surface area contributed by atoms with Crippen LogP contribution < -0.4 is 10.5 Å². The van der Waals surface area contributed by atoms with Crippen LogP contribution in [-0.4, -0.2) is 11.2 Å². The molecule has 0 saturated carbocycles. The summed E-state index contributed by atoms with van der Waals surface area (Å²) in [6.45, 7) is 0. The number of aromatic nitrogens is 1. The number of ether oxygens (including phenoxy) is 1. The molecule has 2 N–H and O–H groups in total. The molecule has 18 heavy (non-hydrogen) atoms. The van der Waals surface area contributed by atoms with Gasteiger partial charge in [-0.25, -0.2) is 4.98 Å². The van der Waals surface area contributed by atoms with Crippen molar-refractivity contribution in [1.82, 2.24) is 4.98 Å². The van der Waals surface area contributed by atoms with Crippen molar-refractivity contribution in [1.29, 1.82) is 5.26 Å². The van der Waals surface area contributed by atoms with Crippen molar-refractivity contribution in [3.05, 3.63) is 42.1 Å². The largest absolute Gasteiger partial charge is 0.439 e. The summed E-state index contributed by atoms with van der Waals surface area (Å²) in [6, 6.07) is 12.8. The number of hydrogen-bond donors (Lipinski definition) is 1. The molecule has 2 rings (SSSR count). The van der Waals surface area contributed by atoms with Gasteiger partial charge in [-0.1, -0.05) is 0 Å². The second-order valence-corrected chi connectivity index (χ2v) is 4.36. The second-order valence-electron chi connectivity index (χ2n) is 3.48. The number of pyridine rings is 1. The fourth-order valence-corrected chi connectivity index (χ4v) is 1.77. The van der Waals surface area contributed by atoms with Gasteiger partial charge in [0, 0.05) is 11.0 Å². The SMILES string of the molecule is CSc1ccc(Oc2ccc(N)c(C#N)n2)cc1. The number of hydrogen-bond acceptors (Lipinski definition) is 5. The van der Waals surface area contributed by atoms with Crippen molar-refractivity contribution in [2.45, 2.75) is 4.90 Å². The van der Waals surface area contributed by atoms with Crippen LogP contribution in [0, 0.1) is 11.3 Å². The molecule has 5 heteroatoms. The van der Waals surface area contributed by atoms with Gasteiger partial charge < -0.3 is 10.5 Å². The zero-order valence-electron chi connectivity index (χ0n) is 9.75. The summed E-state index contributed by atoms with van der Waals surface area (Å²) in [5.74, 6) is 1.03. The van der Waals surface area contributed by atoms with Gasteiger partial charge in [-0.2, -0.15) is 5.26 Å². The van der Waals surface area contributed by atoms with E-state index in [9.17, 15) is 0 Å². The number of thioether (sulfide) groups is 1. The summed E-state index contributed by atoms with van der Waals surface area (Å²) in [7, 11) is 0. The van der Waals surface area contributed by atoms with E-state index in [4.69, 9.17) is 15.7 Å². The molecule has 1 heterocycles. The fourth-order valence-electron chi connectivity index (χ4n) is 1.36. The van der Waals surface area contributed by atoms with Crippen molar-refractivity contribution < 1.29 is 4.74 Å². The standard InChI is InChI=1S/C13H11N3OS/c1-18-10-4-2-9(3-5-10)17-13-7-6-11(15)12(8-14)16-13/h2-7H,15H2,1H3. The van der Waals surface area contributed by atoms with E-state index in [2.05, 4.69) is 4.98 Å². The van der Waals surface area contributed by atoms with E-state index in [1.807, 2.05) is 36.6 Å². The first-order valence-corrected chi connectivity index (χ1v) is 6.44. The Morgan fingerprint density at radius 1 is 1.22 bits per heavy atom. The number of anilines is 1. The lowest BCUT2D eigenvalue weighted by Gasteiger charge is -2.06. The number of nitrogen functional groups attached to an aromatic ring is 1. The number of rotatable bonds is 3. The van der Waals surface area contributed by atoms with Crippen LogP contribution in [0.25, 0.3) is 0 Å². The van der Waals surface area contributed by atoms with Gasteiger partial charge in [0.15, 0.2) is 5.69 Å². The molecule has 0 radical (unpaired) electrons. The third-order valence-corrected chi connectivity index (χ3v) is 3.03. The highest BCUT2D eigenvalue weighted by Gasteiger charge is 2.04. The highest BCUT2D eigenvalue weighted by Crippen LogP contribution is 2.24. The molecule has 0 amide bonds. The summed E-state index contributed by atoms with van der Waals surface area (Å²) < 4.78 is 5.55. The first-order chi connectivity index (χ1) is 8.72. The summed E-state index contributed by atoms with van der Waals surface area (Å²) >= 11 is 1.66. The number of nitriles is 1. The Morgan fingerprint density at radius 3 is 2.56 bits per heavy atom. The molecule has 0 fully saturated rings. The Hall–Kier alpha value is -2.19. The summed E-state index contributed by atoms with van der Waals surface area (Å²) in [5.41, 5.74) is 6.11. The molecule has 0 bridgehead atoms. The van der Waals surface area contributed by atoms with E-state index in [1.165, 1.54) is 0 Å². The van der Waals surface area contributed by atoms with Crippen LogP contribution in [-0.2, 0) is 0 Å². The van der Waals surface area contributed by atoms with Gasteiger partial charge in [0.2, 0.25) is 5.88 Å². The molecule has 1 aromatic heterocycles. The van der Waals surface area contributed by atoms with Crippen LogP contribution >= 0.6 is 11.8 Å². The maximum Gasteiger partial charge on any atom is 0.220 e. The average molecular weight is 257 g/mol. The molecule has 0 saturated heterocycles. The Balaban J connectivity index is 2.20.